The van der Waals surface area contributed by atoms with Crippen LogP contribution < -0.4 is 10.6 Å². The first-order valence-electron chi connectivity index (χ1n) is 10.1. The zero-order valence-corrected chi connectivity index (χ0v) is 16.9. The van der Waals surface area contributed by atoms with E-state index in [1.54, 1.807) is 4.90 Å². The van der Waals surface area contributed by atoms with Crippen molar-refractivity contribution in [1.29, 1.82) is 0 Å². The van der Waals surface area contributed by atoms with Gasteiger partial charge in [-0.1, -0.05) is 0 Å². The SMILES string of the molecule is CCNC(=NCCCCn1ccnc1C)NC1CCN(C(=O)OCC)CC1. The Morgan fingerprint density at radius 2 is 2.11 bits per heavy atom. The average Bonchev–Trinajstić information content (AvgIpc) is 3.07. The van der Waals surface area contributed by atoms with Crippen LogP contribution in [0.25, 0.3) is 0 Å². The lowest BCUT2D eigenvalue weighted by molar-refractivity contribution is 0.0963. The summed E-state index contributed by atoms with van der Waals surface area (Å²) >= 11 is 0. The number of carbonyl (C=O) groups excluding carboxylic acids is 1. The first kappa shape index (κ1) is 21.1. The van der Waals surface area contributed by atoms with Gasteiger partial charge in [0, 0.05) is 51.2 Å². The van der Waals surface area contributed by atoms with E-state index < -0.39 is 0 Å². The molecule has 0 unspecified atom stereocenters. The van der Waals surface area contributed by atoms with Gasteiger partial charge in [-0.3, -0.25) is 4.99 Å². The summed E-state index contributed by atoms with van der Waals surface area (Å²) in [5, 5.41) is 6.82. The fourth-order valence-electron chi connectivity index (χ4n) is 3.16. The fraction of sp³-hybridized carbons (Fsp3) is 0.737. The van der Waals surface area contributed by atoms with Crippen LogP contribution >= 0.6 is 0 Å². The van der Waals surface area contributed by atoms with Gasteiger partial charge in [-0.25, -0.2) is 9.78 Å². The van der Waals surface area contributed by atoms with Crippen molar-refractivity contribution in [2.45, 2.75) is 59.0 Å². The Hall–Kier alpha value is -2.25. The number of unbranched alkanes of at least 4 members (excludes halogenated alkanes) is 1. The highest BCUT2D eigenvalue weighted by Gasteiger charge is 2.23. The summed E-state index contributed by atoms with van der Waals surface area (Å²) in [6.07, 6.45) is 7.59. The molecule has 0 spiro atoms. The summed E-state index contributed by atoms with van der Waals surface area (Å²) in [7, 11) is 0. The molecule has 152 valence electrons. The van der Waals surface area contributed by atoms with E-state index in [4.69, 9.17) is 9.73 Å². The fourth-order valence-corrected chi connectivity index (χ4v) is 3.16. The van der Waals surface area contributed by atoms with Crippen LogP contribution in [-0.2, 0) is 11.3 Å². The number of hydrogen-bond donors (Lipinski definition) is 2. The standard InChI is InChI=1S/C19H34N6O2/c1-4-20-18(22-10-6-7-12-24-15-11-21-16(24)3)23-17-8-13-25(14-9-17)19(26)27-5-2/h11,15,17H,4-10,12-14H2,1-3H3,(H2,20,22,23). The second-order valence-corrected chi connectivity index (χ2v) is 6.74. The van der Waals surface area contributed by atoms with E-state index in [2.05, 4.69) is 27.1 Å². The zero-order valence-electron chi connectivity index (χ0n) is 16.9. The van der Waals surface area contributed by atoms with E-state index in [0.717, 1.165) is 70.2 Å². The molecule has 0 atom stereocenters. The molecule has 1 fully saturated rings. The number of hydrogen-bond acceptors (Lipinski definition) is 4. The Morgan fingerprint density at radius 3 is 2.74 bits per heavy atom. The van der Waals surface area contributed by atoms with Crippen LogP contribution in [0.1, 0.15) is 45.4 Å². The molecule has 2 N–H and O–H groups in total. The van der Waals surface area contributed by atoms with Gasteiger partial charge in [0.1, 0.15) is 5.82 Å². The number of nitrogens with one attached hydrogen (secondary N) is 2. The molecular weight excluding hydrogens is 344 g/mol. The number of amides is 1. The summed E-state index contributed by atoms with van der Waals surface area (Å²) < 4.78 is 7.24. The molecule has 1 saturated heterocycles. The number of rotatable bonds is 8. The van der Waals surface area contributed by atoms with Crippen LogP contribution in [0.3, 0.4) is 0 Å². The largest absolute Gasteiger partial charge is 0.450 e. The average molecular weight is 379 g/mol. The van der Waals surface area contributed by atoms with Crippen molar-refractivity contribution in [3.8, 4) is 0 Å². The second kappa shape index (κ2) is 11.5. The third-order valence-electron chi connectivity index (χ3n) is 4.71. The predicted molar refractivity (Wildman–Crippen MR) is 107 cm³/mol. The Kier molecular flexibility index (Phi) is 8.94. The lowest BCUT2D eigenvalue weighted by Crippen LogP contribution is -2.49. The maximum absolute atomic E-state index is 11.8. The van der Waals surface area contributed by atoms with Gasteiger partial charge in [-0.05, 0) is 46.5 Å². The lowest BCUT2D eigenvalue weighted by atomic mass is 10.1. The van der Waals surface area contributed by atoms with Gasteiger partial charge in [0.2, 0.25) is 0 Å². The number of aliphatic imine (C=N–C) groups is 1. The first-order valence-corrected chi connectivity index (χ1v) is 10.1. The Morgan fingerprint density at radius 1 is 1.33 bits per heavy atom. The number of carbonyl (C=O) groups is 1. The number of imidazole rings is 1. The van der Waals surface area contributed by atoms with E-state index in [0.29, 0.717) is 12.6 Å². The van der Waals surface area contributed by atoms with Crippen LogP contribution in [0.5, 0.6) is 0 Å². The highest BCUT2D eigenvalue weighted by molar-refractivity contribution is 5.80. The summed E-state index contributed by atoms with van der Waals surface area (Å²) in [5.74, 6) is 1.92. The highest BCUT2D eigenvalue weighted by atomic mass is 16.6. The molecule has 0 radical (unpaired) electrons. The third kappa shape index (κ3) is 7.11. The van der Waals surface area contributed by atoms with E-state index in [-0.39, 0.29) is 6.09 Å². The number of guanidine groups is 1. The summed E-state index contributed by atoms with van der Waals surface area (Å²) in [6, 6.07) is 0.335. The van der Waals surface area contributed by atoms with Gasteiger partial charge < -0.3 is 24.8 Å². The molecule has 8 nitrogen and oxygen atoms in total. The lowest BCUT2D eigenvalue weighted by Gasteiger charge is -2.32. The molecule has 2 heterocycles. The minimum absolute atomic E-state index is 0.204. The number of aromatic nitrogens is 2. The van der Waals surface area contributed by atoms with Gasteiger partial charge in [0.05, 0.1) is 6.61 Å². The minimum atomic E-state index is -0.204. The maximum Gasteiger partial charge on any atom is 0.409 e. The van der Waals surface area contributed by atoms with Crippen molar-refractivity contribution >= 4 is 12.1 Å². The molecule has 0 aromatic carbocycles. The number of piperidine rings is 1. The van der Waals surface area contributed by atoms with Crippen molar-refractivity contribution in [1.82, 2.24) is 25.1 Å². The van der Waals surface area contributed by atoms with Crippen molar-refractivity contribution in [3.05, 3.63) is 18.2 Å². The van der Waals surface area contributed by atoms with Crippen LogP contribution in [0, 0.1) is 6.92 Å². The third-order valence-corrected chi connectivity index (χ3v) is 4.71. The van der Waals surface area contributed by atoms with Gasteiger partial charge in [-0.2, -0.15) is 0 Å². The molecule has 1 aliphatic heterocycles. The molecule has 1 aliphatic rings. The maximum atomic E-state index is 11.8. The van der Waals surface area contributed by atoms with Gasteiger partial charge >= 0.3 is 6.09 Å². The Balaban J connectivity index is 1.70. The number of aryl methyl sites for hydroxylation is 2. The van der Waals surface area contributed by atoms with E-state index >= 15 is 0 Å². The van der Waals surface area contributed by atoms with Gasteiger partial charge in [-0.15, -0.1) is 0 Å². The van der Waals surface area contributed by atoms with Crippen LogP contribution in [0.4, 0.5) is 4.79 Å². The molecular formula is C19H34N6O2. The zero-order chi connectivity index (χ0) is 19.5. The number of ether oxygens (including phenoxy) is 1. The molecule has 0 bridgehead atoms. The predicted octanol–water partition coefficient (Wildman–Crippen LogP) is 2.15. The molecule has 0 aliphatic carbocycles. The molecule has 27 heavy (non-hydrogen) atoms. The van der Waals surface area contributed by atoms with Crippen LogP contribution in [0.15, 0.2) is 17.4 Å². The molecule has 2 rings (SSSR count). The Labute approximate surface area is 162 Å². The number of likely N-dealkylation sites (tertiary alicyclic amines) is 1. The second-order valence-electron chi connectivity index (χ2n) is 6.74. The van der Waals surface area contributed by atoms with E-state index in [1.165, 1.54) is 0 Å². The molecule has 8 heteroatoms. The minimum Gasteiger partial charge on any atom is -0.450 e. The first-order chi connectivity index (χ1) is 13.1. The number of nitrogens with zero attached hydrogens (tertiary/aromatic N) is 4. The van der Waals surface area contributed by atoms with Crippen LogP contribution in [-0.4, -0.2) is 65.3 Å². The van der Waals surface area contributed by atoms with Crippen molar-refractivity contribution < 1.29 is 9.53 Å². The topological polar surface area (TPSA) is 83.8 Å². The quantitative estimate of drug-likeness (QED) is 0.411. The summed E-state index contributed by atoms with van der Waals surface area (Å²) in [4.78, 5) is 22.5. The van der Waals surface area contributed by atoms with Crippen molar-refractivity contribution in [2.75, 3.05) is 32.8 Å². The van der Waals surface area contributed by atoms with Gasteiger partial charge in [0.15, 0.2) is 5.96 Å². The normalized spacial score (nSPS) is 15.7. The molecule has 0 saturated carbocycles. The molecule has 1 aromatic heterocycles. The molecule has 1 aromatic rings. The van der Waals surface area contributed by atoms with E-state index in [1.807, 2.05) is 26.2 Å². The van der Waals surface area contributed by atoms with Crippen molar-refractivity contribution in [3.63, 3.8) is 0 Å². The monoisotopic (exact) mass is 378 g/mol. The summed E-state index contributed by atoms with van der Waals surface area (Å²) in [6.45, 7) is 10.4. The summed E-state index contributed by atoms with van der Waals surface area (Å²) in [5.41, 5.74) is 0. The molecule has 1 amide bonds. The smallest absolute Gasteiger partial charge is 0.409 e. The van der Waals surface area contributed by atoms with E-state index in [9.17, 15) is 4.79 Å². The van der Waals surface area contributed by atoms with Crippen molar-refractivity contribution in [2.24, 2.45) is 4.99 Å². The highest BCUT2D eigenvalue weighted by Crippen LogP contribution is 2.11. The van der Waals surface area contributed by atoms with Gasteiger partial charge in [0.25, 0.3) is 0 Å². The Bertz CT molecular complexity index is 593. The van der Waals surface area contributed by atoms with Crippen LogP contribution in [0.2, 0.25) is 0 Å².